The third kappa shape index (κ3) is 9.98. The van der Waals surface area contributed by atoms with Gasteiger partial charge in [0.2, 0.25) is 0 Å². The van der Waals surface area contributed by atoms with Gasteiger partial charge in [0.05, 0.1) is 7.11 Å². The van der Waals surface area contributed by atoms with Crippen LogP contribution < -0.4 is 4.74 Å². The number of ether oxygens (including phenoxy) is 1. The summed E-state index contributed by atoms with van der Waals surface area (Å²) in [7, 11) is 1.67. The Morgan fingerprint density at radius 3 is 1.86 bits per heavy atom. The summed E-state index contributed by atoms with van der Waals surface area (Å²) in [4.78, 5) is 0. The molecule has 0 unspecified atom stereocenters. The van der Waals surface area contributed by atoms with Crippen LogP contribution in [0.5, 0.6) is 5.75 Å². The second-order valence-electron chi connectivity index (χ2n) is 2.06. The number of methoxy groups -OCH3 is 1. The van der Waals surface area contributed by atoms with E-state index >= 15 is 0 Å². The van der Waals surface area contributed by atoms with Gasteiger partial charge in [0.15, 0.2) is 0 Å². The Balaban J connectivity index is 0.000000292. The first kappa shape index (κ1) is 13.9. The molecule has 0 saturated heterocycles. The Hall–Kier alpha value is -0.102. The summed E-state index contributed by atoms with van der Waals surface area (Å²) in [6.07, 6.45) is 0. The number of halogens is 4. The number of rotatable bonds is 1. The van der Waals surface area contributed by atoms with Gasteiger partial charge in [0, 0.05) is 3.57 Å². The van der Waals surface area contributed by atoms with Crippen LogP contribution >= 0.6 is 22.6 Å². The van der Waals surface area contributed by atoms with Crippen LogP contribution in [0.25, 0.3) is 0 Å². The molecule has 0 fully saturated rings. The molecular weight excluding hydrogens is 375 g/mol. The second-order valence-corrected chi connectivity index (χ2v) is 4.98. The van der Waals surface area contributed by atoms with Crippen molar-refractivity contribution in [2.75, 3.05) is 7.11 Å². The van der Waals surface area contributed by atoms with Crippen molar-refractivity contribution in [3.8, 4) is 5.75 Å². The van der Waals surface area contributed by atoms with Crippen LogP contribution in [0, 0.1) is 3.57 Å². The monoisotopic (exact) mass is 382 g/mol. The summed E-state index contributed by atoms with van der Waals surface area (Å²) in [6.45, 7) is 0. The summed E-state index contributed by atoms with van der Waals surface area (Å²) in [5, 5.41) is 0. The van der Waals surface area contributed by atoms with Crippen LogP contribution in [0.1, 0.15) is 0 Å². The first-order valence-electron chi connectivity index (χ1n) is 3.31. The molecule has 2 nitrogen and oxygen atoms in total. The normalized spacial score (nSPS) is 10.1. The van der Waals surface area contributed by atoms with Crippen molar-refractivity contribution in [3.05, 3.63) is 27.8 Å². The fourth-order valence-corrected chi connectivity index (χ4v) is 0.930. The van der Waals surface area contributed by atoms with Crippen LogP contribution in [-0.2, 0) is 3.74 Å². The van der Waals surface area contributed by atoms with E-state index in [0.717, 1.165) is 5.75 Å². The van der Waals surface area contributed by atoms with Crippen LogP contribution in [0.15, 0.2) is 24.3 Å². The van der Waals surface area contributed by atoms with Crippen LogP contribution in [0.4, 0.5) is 10.4 Å². The average Bonchev–Trinajstić information content (AvgIpc) is 2.03. The molecular formula is C7H7AsF3IO2. The molecule has 1 aromatic rings. The molecule has 1 rings (SSSR count). The third-order valence-corrected chi connectivity index (χ3v) is 1.77. The van der Waals surface area contributed by atoms with Crippen molar-refractivity contribution in [1.82, 2.24) is 0 Å². The van der Waals surface area contributed by atoms with E-state index in [9.17, 15) is 10.4 Å². The average molecular weight is 382 g/mol. The molecule has 0 atom stereocenters. The summed E-state index contributed by atoms with van der Waals surface area (Å²) in [5.41, 5.74) is 0. The van der Waals surface area contributed by atoms with Gasteiger partial charge in [0.25, 0.3) is 0 Å². The predicted octanol–water partition coefficient (Wildman–Crippen LogP) is 3.06. The SMILES string of the molecule is COc1ccc(I)cc1.O=[As](F)(F)F. The summed E-state index contributed by atoms with van der Waals surface area (Å²) >= 11 is -4.37. The fourth-order valence-electron chi connectivity index (χ4n) is 0.571. The fraction of sp³-hybridized carbons (Fsp3) is 0.143. The molecule has 0 bridgehead atoms. The second kappa shape index (κ2) is 6.39. The minimum absolute atomic E-state index is 0.912. The molecule has 0 saturated carbocycles. The standard InChI is InChI=1S/C7H7IO.AsF3O/c1-9-7-4-2-6(8)3-5-7;2-1(3,4)5/h2-5H,1H3;. The van der Waals surface area contributed by atoms with Crippen LogP contribution in [0.2, 0.25) is 0 Å². The summed E-state index contributed by atoms with van der Waals surface area (Å²) in [5.74, 6) is 0.912. The zero-order valence-electron chi connectivity index (χ0n) is 7.08. The van der Waals surface area contributed by atoms with Crippen LogP contribution in [-0.4, -0.2) is 22.0 Å². The van der Waals surface area contributed by atoms with Gasteiger partial charge >= 0.3 is 29.0 Å². The van der Waals surface area contributed by atoms with Gasteiger partial charge in [-0.1, -0.05) is 0 Å². The topological polar surface area (TPSA) is 26.3 Å². The molecule has 1 aromatic carbocycles. The Labute approximate surface area is 96.8 Å². The molecule has 0 radical (unpaired) electrons. The molecule has 7 heteroatoms. The molecule has 0 spiro atoms. The Bertz CT molecular complexity index is 303. The summed E-state index contributed by atoms with van der Waals surface area (Å²) in [6, 6.07) is 7.92. The van der Waals surface area contributed by atoms with Crippen molar-refractivity contribution >= 4 is 37.5 Å². The molecule has 0 aliphatic rings. The van der Waals surface area contributed by atoms with E-state index in [0.29, 0.717) is 0 Å². The van der Waals surface area contributed by atoms with E-state index < -0.39 is 14.9 Å². The minimum atomic E-state index is -6.62. The van der Waals surface area contributed by atoms with Crippen LogP contribution in [0.3, 0.4) is 0 Å². The van der Waals surface area contributed by atoms with Gasteiger partial charge < -0.3 is 4.74 Å². The molecule has 0 heterocycles. The van der Waals surface area contributed by atoms with E-state index in [1.54, 1.807) is 7.11 Å². The Kier molecular flexibility index (Phi) is 6.35. The quantitative estimate of drug-likeness (QED) is 0.552. The zero-order chi connectivity index (χ0) is 11.2. The van der Waals surface area contributed by atoms with Crippen molar-refractivity contribution in [3.63, 3.8) is 0 Å². The van der Waals surface area contributed by atoms with Gasteiger partial charge in [0.1, 0.15) is 5.75 Å². The number of hydrogen-bond acceptors (Lipinski definition) is 2. The number of hydrogen-bond donors (Lipinski definition) is 0. The van der Waals surface area contributed by atoms with Gasteiger partial charge in [-0.2, -0.15) is 0 Å². The van der Waals surface area contributed by atoms with Gasteiger partial charge in [-0.15, -0.1) is 0 Å². The van der Waals surface area contributed by atoms with Gasteiger partial charge in [-0.05, 0) is 46.9 Å². The van der Waals surface area contributed by atoms with E-state index in [1.165, 1.54) is 3.57 Å². The first-order valence-corrected chi connectivity index (χ1v) is 7.29. The van der Waals surface area contributed by atoms with E-state index in [2.05, 4.69) is 22.6 Å². The molecule has 0 N–H and O–H groups in total. The molecule has 0 amide bonds. The van der Waals surface area contributed by atoms with E-state index in [1.807, 2.05) is 24.3 Å². The van der Waals surface area contributed by atoms with Crippen molar-refractivity contribution < 1.29 is 18.9 Å². The molecule has 80 valence electrons. The molecule has 14 heavy (non-hydrogen) atoms. The molecule has 0 aliphatic heterocycles. The Morgan fingerprint density at radius 1 is 1.21 bits per heavy atom. The van der Waals surface area contributed by atoms with E-state index in [-0.39, 0.29) is 0 Å². The van der Waals surface area contributed by atoms with Gasteiger partial charge in [-0.25, -0.2) is 0 Å². The molecule has 0 aliphatic carbocycles. The van der Waals surface area contributed by atoms with E-state index in [4.69, 9.17) is 8.48 Å². The number of benzene rings is 1. The van der Waals surface area contributed by atoms with Gasteiger partial charge in [-0.3, -0.25) is 0 Å². The van der Waals surface area contributed by atoms with Crippen molar-refractivity contribution in [1.29, 1.82) is 0 Å². The summed E-state index contributed by atoms with van der Waals surface area (Å²) < 4.78 is 44.4. The van der Waals surface area contributed by atoms with Crippen molar-refractivity contribution in [2.45, 2.75) is 0 Å². The first-order chi connectivity index (χ1) is 6.33. The Morgan fingerprint density at radius 2 is 1.57 bits per heavy atom. The maximum atomic E-state index is 9.97. The zero-order valence-corrected chi connectivity index (χ0v) is 11.1. The third-order valence-electron chi connectivity index (χ3n) is 1.05. The maximum absolute atomic E-state index is 9.97. The van der Waals surface area contributed by atoms with Crippen molar-refractivity contribution in [2.24, 2.45) is 0 Å². The predicted molar refractivity (Wildman–Crippen MR) is 55.5 cm³/mol. The molecule has 0 aromatic heterocycles.